The third-order valence-electron chi connectivity index (χ3n) is 3.53. The van der Waals surface area contributed by atoms with E-state index in [0.717, 1.165) is 31.9 Å². The highest BCUT2D eigenvalue weighted by Gasteiger charge is 2.11. The van der Waals surface area contributed by atoms with Crippen molar-refractivity contribution in [3.05, 3.63) is 64.7 Å². The van der Waals surface area contributed by atoms with Gasteiger partial charge in [-0.3, -0.25) is 0 Å². The van der Waals surface area contributed by atoms with E-state index in [1.807, 2.05) is 0 Å². The Balaban J connectivity index is 1.56. The van der Waals surface area contributed by atoms with Crippen molar-refractivity contribution in [1.29, 1.82) is 0 Å². The van der Waals surface area contributed by atoms with Gasteiger partial charge < -0.3 is 10.1 Å². The van der Waals surface area contributed by atoms with Gasteiger partial charge in [0.15, 0.2) is 0 Å². The Morgan fingerprint density at radius 3 is 2.58 bits per heavy atom. The third-order valence-corrected chi connectivity index (χ3v) is 3.53. The zero-order chi connectivity index (χ0) is 13.1. The standard InChI is InChI=1S/C17H19NO/c1-13-2-4-14(5-3-13)11-18-12-15-6-7-17-16(10-15)8-9-19-17/h2-7,10,18H,8-9,11-12H2,1H3. The second-order valence-electron chi connectivity index (χ2n) is 5.13. The van der Waals surface area contributed by atoms with Crippen LogP contribution in [-0.2, 0) is 19.5 Å². The lowest BCUT2D eigenvalue weighted by Gasteiger charge is -2.07. The molecule has 0 aliphatic carbocycles. The fraction of sp³-hybridized carbons (Fsp3) is 0.294. The molecule has 0 amide bonds. The summed E-state index contributed by atoms with van der Waals surface area (Å²) in [6.07, 6.45) is 1.04. The minimum absolute atomic E-state index is 0.829. The number of nitrogens with one attached hydrogen (secondary N) is 1. The van der Waals surface area contributed by atoms with Crippen LogP contribution in [0.25, 0.3) is 0 Å². The van der Waals surface area contributed by atoms with Crippen LogP contribution < -0.4 is 10.1 Å². The summed E-state index contributed by atoms with van der Waals surface area (Å²) in [5.74, 6) is 1.06. The number of fused-ring (bicyclic) bond motifs is 1. The smallest absolute Gasteiger partial charge is 0.122 e. The molecule has 0 fully saturated rings. The van der Waals surface area contributed by atoms with E-state index in [0.29, 0.717) is 0 Å². The maximum atomic E-state index is 5.52. The van der Waals surface area contributed by atoms with Gasteiger partial charge in [0.05, 0.1) is 6.61 Å². The molecule has 2 aromatic rings. The van der Waals surface area contributed by atoms with Crippen molar-refractivity contribution in [1.82, 2.24) is 5.32 Å². The molecule has 0 bridgehead atoms. The lowest BCUT2D eigenvalue weighted by molar-refractivity contribution is 0.357. The maximum absolute atomic E-state index is 5.52. The van der Waals surface area contributed by atoms with Crippen molar-refractivity contribution < 1.29 is 4.74 Å². The second-order valence-corrected chi connectivity index (χ2v) is 5.13. The van der Waals surface area contributed by atoms with Crippen LogP contribution in [-0.4, -0.2) is 6.61 Å². The van der Waals surface area contributed by atoms with Gasteiger partial charge in [-0.2, -0.15) is 0 Å². The molecular weight excluding hydrogens is 234 g/mol. The zero-order valence-corrected chi connectivity index (χ0v) is 11.3. The van der Waals surface area contributed by atoms with Crippen molar-refractivity contribution in [3.8, 4) is 5.75 Å². The Bertz CT molecular complexity index is 560. The predicted molar refractivity (Wildman–Crippen MR) is 77.4 cm³/mol. The summed E-state index contributed by atoms with van der Waals surface area (Å²) < 4.78 is 5.52. The molecule has 1 aliphatic heterocycles. The van der Waals surface area contributed by atoms with Gasteiger partial charge in [-0.15, -0.1) is 0 Å². The Kier molecular flexibility index (Phi) is 3.51. The summed E-state index contributed by atoms with van der Waals surface area (Å²) in [4.78, 5) is 0. The Labute approximate surface area is 114 Å². The average Bonchev–Trinajstić information content (AvgIpc) is 2.88. The van der Waals surface area contributed by atoms with Crippen LogP contribution in [0.15, 0.2) is 42.5 Å². The van der Waals surface area contributed by atoms with Crippen molar-refractivity contribution in [2.45, 2.75) is 26.4 Å². The normalized spacial score (nSPS) is 13.1. The van der Waals surface area contributed by atoms with Crippen LogP contribution in [0, 0.1) is 6.92 Å². The Hall–Kier alpha value is -1.80. The first-order valence-electron chi connectivity index (χ1n) is 6.82. The second kappa shape index (κ2) is 5.45. The first-order valence-corrected chi connectivity index (χ1v) is 6.82. The molecule has 1 N–H and O–H groups in total. The van der Waals surface area contributed by atoms with Crippen molar-refractivity contribution in [3.63, 3.8) is 0 Å². The molecule has 0 atom stereocenters. The number of hydrogen-bond acceptors (Lipinski definition) is 2. The van der Waals surface area contributed by atoms with Gasteiger partial charge in [0.25, 0.3) is 0 Å². The molecule has 0 saturated heterocycles. The highest BCUT2D eigenvalue weighted by molar-refractivity contribution is 5.39. The quantitative estimate of drug-likeness (QED) is 0.903. The molecule has 2 nitrogen and oxygen atoms in total. The molecule has 1 heterocycles. The lowest BCUT2D eigenvalue weighted by Crippen LogP contribution is -2.12. The molecule has 2 aromatic carbocycles. The van der Waals surface area contributed by atoms with Crippen LogP contribution in [0.3, 0.4) is 0 Å². The molecule has 0 radical (unpaired) electrons. The molecule has 98 valence electrons. The van der Waals surface area contributed by atoms with Gasteiger partial charge in [0.2, 0.25) is 0 Å². The van der Waals surface area contributed by atoms with Gasteiger partial charge in [0, 0.05) is 19.5 Å². The summed E-state index contributed by atoms with van der Waals surface area (Å²) in [7, 11) is 0. The SMILES string of the molecule is Cc1ccc(CNCc2ccc3c(c2)CCO3)cc1. The molecule has 0 aromatic heterocycles. The Morgan fingerprint density at radius 1 is 1.00 bits per heavy atom. The molecule has 1 aliphatic rings. The van der Waals surface area contributed by atoms with Gasteiger partial charge in [-0.1, -0.05) is 42.0 Å². The monoisotopic (exact) mass is 253 g/mol. The van der Waals surface area contributed by atoms with E-state index in [1.54, 1.807) is 0 Å². The van der Waals surface area contributed by atoms with Crippen molar-refractivity contribution >= 4 is 0 Å². The van der Waals surface area contributed by atoms with Gasteiger partial charge in [0.1, 0.15) is 5.75 Å². The molecule has 2 heteroatoms. The minimum Gasteiger partial charge on any atom is -0.493 e. The van der Waals surface area contributed by atoms with E-state index in [9.17, 15) is 0 Å². The summed E-state index contributed by atoms with van der Waals surface area (Å²) in [5.41, 5.74) is 5.31. The lowest BCUT2D eigenvalue weighted by atomic mass is 10.1. The zero-order valence-electron chi connectivity index (χ0n) is 11.3. The van der Waals surface area contributed by atoms with Gasteiger partial charge in [-0.05, 0) is 29.7 Å². The largest absolute Gasteiger partial charge is 0.493 e. The van der Waals surface area contributed by atoms with E-state index in [1.165, 1.54) is 22.3 Å². The Morgan fingerprint density at radius 2 is 1.74 bits per heavy atom. The molecule has 3 rings (SSSR count). The van der Waals surface area contributed by atoms with Crippen LogP contribution in [0.5, 0.6) is 5.75 Å². The van der Waals surface area contributed by atoms with Gasteiger partial charge in [-0.25, -0.2) is 0 Å². The molecule has 0 spiro atoms. The van der Waals surface area contributed by atoms with E-state index in [2.05, 4.69) is 54.7 Å². The summed E-state index contributed by atoms with van der Waals surface area (Å²) in [6, 6.07) is 15.2. The van der Waals surface area contributed by atoms with Crippen LogP contribution in [0.2, 0.25) is 0 Å². The first-order chi connectivity index (χ1) is 9.31. The summed E-state index contributed by atoms with van der Waals surface area (Å²) in [6.45, 7) is 4.76. The number of ether oxygens (including phenoxy) is 1. The number of rotatable bonds is 4. The maximum Gasteiger partial charge on any atom is 0.122 e. The molecule has 0 saturated carbocycles. The van der Waals surface area contributed by atoms with Gasteiger partial charge >= 0.3 is 0 Å². The topological polar surface area (TPSA) is 21.3 Å². The minimum atomic E-state index is 0.829. The first kappa shape index (κ1) is 12.2. The van der Waals surface area contributed by atoms with E-state index in [4.69, 9.17) is 4.74 Å². The predicted octanol–water partition coefficient (Wildman–Crippen LogP) is 3.22. The molecule has 0 unspecified atom stereocenters. The van der Waals surface area contributed by atoms with E-state index < -0.39 is 0 Å². The van der Waals surface area contributed by atoms with Crippen molar-refractivity contribution in [2.24, 2.45) is 0 Å². The fourth-order valence-corrected chi connectivity index (χ4v) is 2.41. The van der Waals surface area contributed by atoms with E-state index >= 15 is 0 Å². The highest BCUT2D eigenvalue weighted by Crippen LogP contribution is 2.25. The third kappa shape index (κ3) is 2.96. The number of aryl methyl sites for hydroxylation is 1. The number of hydrogen-bond donors (Lipinski definition) is 1. The average molecular weight is 253 g/mol. The molecular formula is C17H19NO. The highest BCUT2D eigenvalue weighted by atomic mass is 16.5. The summed E-state index contributed by atoms with van der Waals surface area (Å²) >= 11 is 0. The fourth-order valence-electron chi connectivity index (χ4n) is 2.41. The number of benzene rings is 2. The van der Waals surface area contributed by atoms with Crippen LogP contribution in [0.4, 0.5) is 0 Å². The van der Waals surface area contributed by atoms with Crippen LogP contribution >= 0.6 is 0 Å². The van der Waals surface area contributed by atoms with Crippen molar-refractivity contribution in [2.75, 3.05) is 6.61 Å². The van der Waals surface area contributed by atoms with E-state index in [-0.39, 0.29) is 0 Å². The summed E-state index contributed by atoms with van der Waals surface area (Å²) in [5, 5.41) is 3.49. The molecule has 19 heavy (non-hydrogen) atoms. The van der Waals surface area contributed by atoms with Crippen LogP contribution in [0.1, 0.15) is 22.3 Å².